The van der Waals surface area contributed by atoms with Crippen LogP contribution >= 0.6 is 0 Å². The zero-order chi connectivity index (χ0) is 21.0. The van der Waals surface area contributed by atoms with E-state index in [9.17, 15) is 18.4 Å². The minimum absolute atomic E-state index is 0.0336. The van der Waals surface area contributed by atoms with Crippen molar-refractivity contribution in [1.82, 2.24) is 19.6 Å². The zero-order valence-corrected chi connectivity index (χ0v) is 16.7. The second-order valence-corrected chi connectivity index (χ2v) is 8.51. The summed E-state index contributed by atoms with van der Waals surface area (Å²) < 4.78 is 28.9. The van der Waals surface area contributed by atoms with Crippen molar-refractivity contribution in [2.75, 3.05) is 31.1 Å². The standard InChI is InChI=1S/C21H23F2N5O2/c1-25-13-24-18(11-19(25)29)26-6-3-21(4-7-26)12-27-5-2-17(28(27)20(21)30)14-8-15(22)10-16(23)9-14/h8-11,13,17H,2-7,12H2,1H3/t17-/m0/s1. The van der Waals surface area contributed by atoms with Crippen LogP contribution < -0.4 is 10.5 Å². The number of hydrogen-bond acceptors (Lipinski definition) is 5. The quantitative estimate of drug-likeness (QED) is 0.749. The maximum Gasteiger partial charge on any atom is 0.255 e. The molecule has 3 fully saturated rings. The molecule has 0 saturated carbocycles. The number of aromatic nitrogens is 2. The molecule has 0 N–H and O–H groups in total. The Hall–Kier alpha value is -2.81. The summed E-state index contributed by atoms with van der Waals surface area (Å²) >= 11 is 0. The van der Waals surface area contributed by atoms with Gasteiger partial charge >= 0.3 is 0 Å². The molecule has 0 radical (unpaired) electrons. The first-order valence-electron chi connectivity index (χ1n) is 10.2. The van der Waals surface area contributed by atoms with E-state index in [1.54, 1.807) is 12.1 Å². The van der Waals surface area contributed by atoms with Crippen LogP contribution in [-0.4, -0.2) is 51.7 Å². The summed E-state index contributed by atoms with van der Waals surface area (Å²) in [4.78, 5) is 31.8. The summed E-state index contributed by atoms with van der Waals surface area (Å²) in [5, 5.41) is 3.75. The van der Waals surface area contributed by atoms with Crippen LogP contribution in [0.3, 0.4) is 0 Å². The largest absolute Gasteiger partial charge is 0.356 e. The minimum Gasteiger partial charge on any atom is -0.356 e. The third-order valence-corrected chi connectivity index (χ3v) is 6.69. The van der Waals surface area contributed by atoms with Crippen molar-refractivity contribution < 1.29 is 13.6 Å². The molecular weight excluding hydrogens is 392 g/mol. The highest BCUT2D eigenvalue weighted by Gasteiger charge is 2.56. The van der Waals surface area contributed by atoms with E-state index in [0.717, 1.165) is 6.07 Å². The molecule has 1 aromatic heterocycles. The zero-order valence-electron chi connectivity index (χ0n) is 16.7. The predicted molar refractivity (Wildman–Crippen MR) is 105 cm³/mol. The minimum atomic E-state index is -0.625. The Labute approximate surface area is 172 Å². The average Bonchev–Trinajstić information content (AvgIpc) is 3.23. The SMILES string of the molecule is Cn1cnc(N2CCC3(CC2)CN2CC[C@@H](c4cc(F)cc(F)c4)N2C3=O)cc1=O. The topological polar surface area (TPSA) is 61.7 Å². The van der Waals surface area contributed by atoms with Gasteiger partial charge in [-0.3, -0.25) is 14.6 Å². The van der Waals surface area contributed by atoms with E-state index in [0.29, 0.717) is 56.8 Å². The van der Waals surface area contributed by atoms with E-state index in [-0.39, 0.29) is 17.5 Å². The van der Waals surface area contributed by atoms with E-state index >= 15 is 0 Å². The number of hydrazine groups is 1. The number of nitrogens with zero attached hydrogens (tertiary/aromatic N) is 5. The molecule has 0 unspecified atom stereocenters. The van der Waals surface area contributed by atoms with Crippen molar-refractivity contribution in [2.24, 2.45) is 12.5 Å². The lowest BCUT2D eigenvalue weighted by Gasteiger charge is -2.38. The monoisotopic (exact) mass is 415 g/mol. The molecule has 158 valence electrons. The van der Waals surface area contributed by atoms with Gasteiger partial charge < -0.3 is 9.47 Å². The van der Waals surface area contributed by atoms with Crippen LogP contribution in [0.4, 0.5) is 14.6 Å². The highest BCUT2D eigenvalue weighted by Crippen LogP contribution is 2.47. The summed E-state index contributed by atoms with van der Waals surface area (Å²) in [5.74, 6) is -0.585. The molecule has 1 aromatic carbocycles. The number of aryl methyl sites for hydroxylation is 1. The van der Waals surface area contributed by atoms with Gasteiger partial charge in [0.25, 0.3) is 5.56 Å². The molecule has 3 saturated heterocycles. The number of benzene rings is 1. The highest BCUT2D eigenvalue weighted by molar-refractivity contribution is 5.85. The van der Waals surface area contributed by atoms with Crippen LogP contribution in [0.2, 0.25) is 0 Å². The van der Waals surface area contributed by atoms with Crippen LogP contribution in [-0.2, 0) is 11.8 Å². The van der Waals surface area contributed by atoms with Crippen molar-refractivity contribution >= 4 is 11.7 Å². The number of halogens is 2. The maximum absolute atomic E-state index is 13.7. The first-order valence-corrected chi connectivity index (χ1v) is 10.2. The van der Waals surface area contributed by atoms with Crippen molar-refractivity contribution in [1.29, 1.82) is 0 Å². The fourth-order valence-electron chi connectivity index (χ4n) is 5.02. The fourth-order valence-corrected chi connectivity index (χ4v) is 5.02. The normalized spacial score (nSPS) is 23.4. The molecule has 2 aromatic rings. The Morgan fingerprint density at radius 3 is 2.40 bits per heavy atom. The van der Waals surface area contributed by atoms with Crippen LogP contribution in [0, 0.1) is 17.0 Å². The van der Waals surface area contributed by atoms with E-state index < -0.39 is 17.0 Å². The number of amides is 1. The molecule has 1 spiro atoms. The number of piperidine rings is 1. The van der Waals surface area contributed by atoms with Gasteiger partial charge in [0.15, 0.2) is 0 Å². The van der Waals surface area contributed by atoms with Gasteiger partial charge in [-0.25, -0.2) is 18.8 Å². The van der Waals surface area contributed by atoms with E-state index in [1.165, 1.54) is 29.1 Å². The predicted octanol–water partition coefficient (Wildman–Crippen LogP) is 1.85. The average molecular weight is 415 g/mol. The molecule has 1 atom stereocenters. The first-order chi connectivity index (χ1) is 14.4. The molecule has 7 nitrogen and oxygen atoms in total. The van der Waals surface area contributed by atoms with E-state index in [1.807, 2.05) is 9.91 Å². The lowest BCUT2D eigenvalue weighted by molar-refractivity contribution is -0.143. The molecule has 0 aliphatic carbocycles. The Balaban J connectivity index is 1.35. The number of anilines is 1. The first kappa shape index (κ1) is 19.2. The number of rotatable bonds is 2. The lowest BCUT2D eigenvalue weighted by atomic mass is 9.77. The number of fused-ring (bicyclic) bond motifs is 1. The number of carbonyl (C=O) groups excluding carboxylic acids is 1. The molecule has 5 rings (SSSR count). The maximum atomic E-state index is 13.7. The van der Waals surface area contributed by atoms with Crippen LogP contribution in [0.1, 0.15) is 30.9 Å². The van der Waals surface area contributed by atoms with Gasteiger partial charge in [-0.05, 0) is 37.0 Å². The smallest absolute Gasteiger partial charge is 0.255 e. The molecule has 3 aliphatic rings. The highest BCUT2D eigenvalue weighted by atomic mass is 19.1. The second kappa shape index (κ2) is 6.87. The number of hydrogen-bond donors (Lipinski definition) is 0. The van der Waals surface area contributed by atoms with Gasteiger partial charge in [-0.1, -0.05) is 0 Å². The molecule has 30 heavy (non-hydrogen) atoms. The second-order valence-electron chi connectivity index (χ2n) is 8.51. The molecule has 4 heterocycles. The van der Waals surface area contributed by atoms with Crippen molar-refractivity contribution in [2.45, 2.75) is 25.3 Å². The fraction of sp³-hybridized carbons (Fsp3) is 0.476. The van der Waals surface area contributed by atoms with Gasteiger partial charge in [0.05, 0.1) is 17.8 Å². The third kappa shape index (κ3) is 2.99. The van der Waals surface area contributed by atoms with Gasteiger partial charge in [0.2, 0.25) is 5.91 Å². The third-order valence-electron chi connectivity index (χ3n) is 6.69. The Kier molecular flexibility index (Phi) is 4.39. The van der Waals surface area contributed by atoms with Gasteiger partial charge in [-0.15, -0.1) is 0 Å². The van der Waals surface area contributed by atoms with Crippen LogP contribution in [0.25, 0.3) is 0 Å². The number of carbonyl (C=O) groups is 1. The Morgan fingerprint density at radius 1 is 1.03 bits per heavy atom. The van der Waals surface area contributed by atoms with Crippen LogP contribution in [0.15, 0.2) is 35.4 Å². The van der Waals surface area contributed by atoms with Crippen molar-refractivity contribution in [3.63, 3.8) is 0 Å². The molecule has 3 aliphatic heterocycles. The van der Waals surface area contributed by atoms with Crippen LogP contribution in [0.5, 0.6) is 0 Å². The molecular formula is C21H23F2N5O2. The van der Waals surface area contributed by atoms with E-state index in [4.69, 9.17) is 0 Å². The summed E-state index contributed by atoms with van der Waals surface area (Å²) in [6.07, 6.45) is 3.47. The summed E-state index contributed by atoms with van der Waals surface area (Å²) in [5.41, 5.74) is -0.114. The van der Waals surface area contributed by atoms with Gasteiger partial charge in [0, 0.05) is 45.4 Å². The Bertz CT molecular complexity index is 1040. The summed E-state index contributed by atoms with van der Waals surface area (Å²) in [6.45, 7) is 2.58. The van der Waals surface area contributed by atoms with Gasteiger partial charge in [0.1, 0.15) is 17.5 Å². The van der Waals surface area contributed by atoms with E-state index in [2.05, 4.69) is 4.98 Å². The van der Waals surface area contributed by atoms with Crippen molar-refractivity contribution in [3.8, 4) is 0 Å². The molecule has 9 heteroatoms. The lowest BCUT2D eigenvalue weighted by Crippen LogP contribution is -2.46. The van der Waals surface area contributed by atoms with Crippen molar-refractivity contribution in [3.05, 3.63) is 58.1 Å². The Morgan fingerprint density at radius 2 is 1.73 bits per heavy atom. The summed E-state index contributed by atoms with van der Waals surface area (Å²) in [7, 11) is 1.66. The molecule has 0 bridgehead atoms. The van der Waals surface area contributed by atoms with Gasteiger partial charge in [-0.2, -0.15) is 0 Å². The summed E-state index contributed by atoms with van der Waals surface area (Å²) in [6, 6.07) is 4.67. The molecule has 1 amide bonds.